The molecule has 1 aliphatic rings. The van der Waals surface area contributed by atoms with Crippen LogP contribution < -0.4 is 5.32 Å². The van der Waals surface area contributed by atoms with Crippen LogP contribution in [0, 0.1) is 19.7 Å². The smallest absolute Gasteiger partial charge is 0.250 e. The molecular weight excluding hydrogens is 445 g/mol. The molecule has 4 aromatic rings. The molecule has 1 fully saturated rings. The van der Waals surface area contributed by atoms with E-state index in [9.17, 15) is 9.18 Å². The average Bonchev–Trinajstić information content (AvgIpc) is 3.51. The topological polar surface area (TPSA) is 84.2 Å². The highest BCUT2D eigenvalue weighted by Gasteiger charge is 2.16. The summed E-state index contributed by atoms with van der Waals surface area (Å²) in [5, 5.41) is 11.5. The summed E-state index contributed by atoms with van der Waals surface area (Å²) in [5.41, 5.74) is 5.07. The number of Topliss-reactive ketones (excluding diaryl/α,β-unsaturated/α-hetero) is 1. The zero-order chi connectivity index (χ0) is 24.4. The van der Waals surface area contributed by atoms with Gasteiger partial charge in [-0.05, 0) is 105 Å². The van der Waals surface area contributed by atoms with Gasteiger partial charge in [0, 0.05) is 12.5 Å². The first-order valence-electron chi connectivity index (χ1n) is 12.0. The van der Waals surface area contributed by atoms with Crippen molar-refractivity contribution in [3.8, 4) is 11.1 Å². The molecule has 0 saturated carbocycles. The Morgan fingerprint density at radius 2 is 1.80 bits per heavy atom. The molecule has 1 N–H and O–H groups in total. The number of aryl methyl sites for hydroxylation is 2. The first-order chi connectivity index (χ1) is 17.0. The van der Waals surface area contributed by atoms with Crippen LogP contribution in [0.1, 0.15) is 47.4 Å². The maximum absolute atomic E-state index is 13.5. The molecule has 5 rings (SSSR count). The van der Waals surface area contributed by atoms with Crippen molar-refractivity contribution in [3.05, 3.63) is 65.2 Å². The number of aromatic nitrogens is 3. The van der Waals surface area contributed by atoms with Crippen molar-refractivity contribution in [1.82, 2.24) is 20.1 Å². The minimum absolute atomic E-state index is 0.00552. The minimum Gasteiger partial charge on any atom is -0.437 e. The van der Waals surface area contributed by atoms with Crippen molar-refractivity contribution in [2.24, 2.45) is 0 Å². The van der Waals surface area contributed by atoms with E-state index in [0.717, 1.165) is 48.3 Å². The van der Waals surface area contributed by atoms with Gasteiger partial charge in [0.05, 0.1) is 5.52 Å². The number of furan rings is 1. The summed E-state index contributed by atoms with van der Waals surface area (Å²) in [6.07, 6.45) is 3.80. The van der Waals surface area contributed by atoms with Crippen molar-refractivity contribution in [1.29, 1.82) is 0 Å². The Hall–Kier alpha value is -3.65. The molecule has 0 unspecified atom stereocenters. The van der Waals surface area contributed by atoms with Crippen LogP contribution >= 0.6 is 0 Å². The summed E-state index contributed by atoms with van der Waals surface area (Å²) in [6.45, 7) is 7.09. The Bertz CT molecular complexity index is 1380. The van der Waals surface area contributed by atoms with Crippen LogP contribution in [-0.2, 0) is 0 Å². The molecule has 0 spiro atoms. The molecule has 35 heavy (non-hydrogen) atoms. The summed E-state index contributed by atoms with van der Waals surface area (Å²) < 4.78 is 19.2. The molecule has 2 aromatic carbocycles. The molecule has 0 amide bonds. The number of anilines is 2. The molecule has 1 aliphatic heterocycles. The Kier molecular flexibility index (Phi) is 6.55. The van der Waals surface area contributed by atoms with Crippen molar-refractivity contribution in [3.63, 3.8) is 0 Å². The number of carbonyl (C=O) groups is 1. The summed E-state index contributed by atoms with van der Waals surface area (Å²) >= 11 is 0. The summed E-state index contributed by atoms with van der Waals surface area (Å²) in [6, 6.07) is 12.0. The highest BCUT2D eigenvalue weighted by molar-refractivity contribution is 5.93. The second kappa shape index (κ2) is 9.92. The zero-order valence-corrected chi connectivity index (χ0v) is 20.0. The third kappa shape index (κ3) is 5.22. The summed E-state index contributed by atoms with van der Waals surface area (Å²) in [4.78, 5) is 19.4. The lowest BCUT2D eigenvalue weighted by atomic mass is 9.96. The van der Waals surface area contributed by atoms with Gasteiger partial charge < -0.3 is 9.32 Å². The molecule has 7 nitrogen and oxygen atoms in total. The number of hydrogen-bond donors (Lipinski definition) is 1. The molecule has 0 bridgehead atoms. The van der Waals surface area contributed by atoms with Crippen LogP contribution in [0.25, 0.3) is 22.2 Å². The van der Waals surface area contributed by atoms with E-state index in [1.807, 2.05) is 26.0 Å². The first-order valence-corrected chi connectivity index (χ1v) is 12.0. The van der Waals surface area contributed by atoms with Gasteiger partial charge in [-0.15, -0.1) is 10.2 Å². The number of rotatable bonds is 8. The third-order valence-electron chi connectivity index (χ3n) is 6.47. The van der Waals surface area contributed by atoms with Crippen molar-refractivity contribution in [2.75, 3.05) is 25.0 Å². The number of benzene rings is 2. The lowest BCUT2D eigenvalue weighted by Gasteiger charge is -2.13. The van der Waals surface area contributed by atoms with Gasteiger partial charge in [0.2, 0.25) is 11.8 Å². The molecule has 8 heteroatoms. The van der Waals surface area contributed by atoms with Gasteiger partial charge in [0.25, 0.3) is 0 Å². The minimum atomic E-state index is -0.258. The van der Waals surface area contributed by atoms with E-state index in [1.165, 1.54) is 25.0 Å². The van der Waals surface area contributed by atoms with E-state index in [2.05, 4.69) is 25.4 Å². The summed E-state index contributed by atoms with van der Waals surface area (Å²) in [7, 11) is 0. The Balaban J connectivity index is 1.27. The number of fused-ring (bicyclic) bond motifs is 1. The van der Waals surface area contributed by atoms with Crippen LogP contribution in [0.15, 0.2) is 46.9 Å². The van der Waals surface area contributed by atoms with Gasteiger partial charge in [0.15, 0.2) is 11.5 Å². The Morgan fingerprint density at radius 1 is 1.00 bits per heavy atom. The van der Waals surface area contributed by atoms with E-state index < -0.39 is 0 Å². The zero-order valence-electron chi connectivity index (χ0n) is 20.0. The van der Waals surface area contributed by atoms with Gasteiger partial charge in [0.1, 0.15) is 11.3 Å². The van der Waals surface area contributed by atoms with E-state index in [4.69, 9.17) is 4.42 Å². The lowest BCUT2D eigenvalue weighted by Crippen LogP contribution is -2.20. The normalized spacial score (nSPS) is 14.0. The second-order valence-corrected chi connectivity index (χ2v) is 9.11. The van der Waals surface area contributed by atoms with Crippen molar-refractivity contribution < 1.29 is 13.6 Å². The van der Waals surface area contributed by atoms with Gasteiger partial charge >= 0.3 is 0 Å². The Morgan fingerprint density at radius 3 is 2.60 bits per heavy atom. The first kappa shape index (κ1) is 23.1. The SMILES string of the molecule is Cc1cc(F)ccc1-c1cc2nnc(Nc3ccc(C(=O)CCCN4CCCC4)o3)nc2cc1C. The molecule has 0 radical (unpaired) electrons. The predicted octanol–water partition coefficient (Wildman–Crippen LogP) is 5.84. The van der Waals surface area contributed by atoms with Crippen LogP contribution in [-0.4, -0.2) is 45.5 Å². The van der Waals surface area contributed by atoms with Crippen LogP contribution in [0.5, 0.6) is 0 Å². The largest absolute Gasteiger partial charge is 0.437 e. The fourth-order valence-corrected chi connectivity index (χ4v) is 4.62. The molecule has 180 valence electrons. The van der Waals surface area contributed by atoms with Crippen LogP contribution in [0.4, 0.5) is 16.2 Å². The van der Waals surface area contributed by atoms with Gasteiger partial charge in [-0.2, -0.15) is 0 Å². The number of nitrogens with zero attached hydrogens (tertiary/aromatic N) is 4. The van der Waals surface area contributed by atoms with Crippen molar-refractivity contribution >= 4 is 28.6 Å². The monoisotopic (exact) mass is 473 g/mol. The number of halogens is 1. The molecule has 3 heterocycles. The predicted molar refractivity (Wildman–Crippen MR) is 133 cm³/mol. The fraction of sp³-hybridized carbons (Fsp3) is 0.333. The molecule has 0 atom stereocenters. The van der Waals surface area contributed by atoms with Crippen molar-refractivity contribution in [2.45, 2.75) is 39.5 Å². The Labute approximate surface area is 203 Å². The second-order valence-electron chi connectivity index (χ2n) is 9.11. The molecule has 2 aromatic heterocycles. The van der Waals surface area contributed by atoms with Gasteiger partial charge in [-0.1, -0.05) is 6.07 Å². The highest BCUT2D eigenvalue weighted by atomic mass is 19.1. The lowest BCUT2D eigenvalue weighted by molar-refractivity contribution is 0.0950. The van der Waals surface area contributed by atoms with Gasteiger partial charge in [-0.25, -0.2) is 9.37 Å². The average molecular weight is 474 g/mol. The van der Waals surface area contributed by atoms with E-state index in [0.29, 0.717) is 29.1 Å². The quantitative estimate of drug-likeness (QED) is 0.322. The fourth-order valence-electron chi connectivity index (χ4n) is 4.62. The number of carbonyl (C=O) groups excluding carboxylic acids is 1. The number of hydrogen-bond acceptors (Lipinski definition) is 7. The van der Waals surface area contributed by atoms with Crippen LogP contribution in [0.2, 0.25) is 0 Å². The highest BCUT2D eigenvalue weighted by Crippen LogP contribution is 2.30. The third-order valence-corrected chi connectivity index (χ3v) is 6.47. The maximum atomic E-state index is 13.5. The number of ketones is 1. The standard InChI is InChI=1S/C27H28FN5O2/c1-17-14-19(28)7-8-20(17)21-16-23-22(15-18(21)2)29-27(32-31-23)30-26-10-9-25(35-26)24(34)6-5-13-33-11-3-4-12-33/h7-10,14-16H,3-6,11-13H2,1-2H3,(H,29,30,32). The van der Waals surface area contributed by atoms with E-state index in [1.54, 1.807) is 18.2 Å². The molecule has 1 saturated heterocycles. The van der Waals surface area contributed by atoms with E-state index >= 15 is 0 Å². The van der Waals surface area contributed by atoms with Crippen LogP contribution in [0.3, 0.4) is 0 Å². The molecular formula is C27H28FN5O2. The van der Waals surface area contributed by atoms with E-state index in [-0.39, 0.29) is 17.5 Å². The number of likely N-dealkylation sites (tertiary alicyclic amines) is 1. The van der Waals surface area contributed by atoms with Gasteiger partial charge in [-0.3, -0.25) is 10.1 Å². The molecule has 0 aliphatic carbocycles. The number of nitrogens with one attached hydrogen (secondary N) is 1. The maximum Gasteiger partial charge on any atom is 0.250 e. The summed E-state index contributed by atoms with van der Waals surface area (Å²) in [5.74, 6) is 0.743.